The van der Waals surface area contributed by atoms with Crippen molar-refractivity contribution in [1.82, 2.24) is 4.90 Å². The van der Waals surface area contributed by atoms with Crippen LogP contribution in [0.1, 0.15) is 57.8 Å². The topological polar surface area (TPSA) is 51.2 Å². The van der Waals surface area contributed by atoms with E-state index >= 15 is 0 Å². The highest BCUT2D eigenvalue weighted by Crippen LogP contribution is 2.41. The van der Waals surface area contributed by atoms with Crippen LogP contribution in [0.3, 0.4) is 0 Å². The molecule has 0 unspecified atom stereocenters. The molecule has 0 spiro atoms. The maximum atomic E-state index is 12.5. The third-order valence-electron chi connectivity index (χ3n) is 8.20. The molecule has 0 amide bonds. The number of piperazine rings is 1. The second kappa shape index (κ2) is 11.1. The van der Waals surface area contributed by atoms with E-state index in [1.54, 1.807) is 0 Å². The molecule has 1 aliphatic carbocycles. The van der Waals surface area contributed by atoms with Gasteiger partial charge in [0.25, 0.3) is 0 Å². The van der Waals surface area contributed by atoms with Crippen molar-refractivity contribution in [3.63, 3.8) is 0 Å². The van der Waals surface area contributed by atoms with Gasteiger partial charge in [-0.1, -0.05) is 18.9 Å². The zero-order valence-corrected chi connectivity index (χ0v) is 20.0. The summed E-state index contributed by atoms with van der Waals surface area (Å²) in [6.45, 7) is 7.51. The molecule has 1 aromatic carbocycles. The van der Waals surface area contributed by atoms with Gasteiger partial charge in [-0.05, 0) is 68.5 Å². The normalized spacial score (nSPS) is 28.1. The van der Waals surface area contributed by atoms with Crippen LogP contribution in [0.15, 0.2) is 18.2 Å². The maximum Gasteiger partial charge on any atom is 0.231 e. The Bertz CT molecular complexity index is 778. The Morgan fingerprint density at radius 3 is 2.48 bits per heavy atom. The van der Waals surface area contributed by atoms with Crippen LogP contribution >= 0.6 is 0 Å². The molecule has 0 radical (unpaired) electrons. The highest BCUT2D eigenvalue weighted by Gasteiger charge is 2.27. The van der Waals surface area contributed by atoms with Crippen LogP contribution in [0.2, 0.25) is 0 Å². The summed E-state index contributed by atoms with van der Waals surface area (Å²) in [7, 11) is 0. The molecule has 1 aromatic rings. The number of ether oxygens (including phenoxy) is 3. The molecule has 0 aromatic heterocycles. The number of ketones is 1. The smallest absolute Gasteiger partial charge is 0.231 e. The van der Waals surface area contributed by atoms with E-state index in [0.717, 1.165) is 76.1 Å². The van der Waals surface area contributed by atoms with Gasteiger partial charge in [0, 0.05) is 52.2 Å². The Morgan fingerprint density at radius 1 is 0.909 bits per heavy atom. The van der Waals surface area contributed by atoms with Gasteiger partial charge in [0.15, 0.2) is 11.5 Å². The minimum Gasteiger partial charge on any atom is -0.454 e. The fraction of sp³-hybridized carbons (Fsp3) is 0.741. The summed E-state index contributed by atoms with van der Waals surface area (Å²) in [5.74, 6) is 4.20. The molecular weight excluding hydrogens is 416 g/mol. The highest BCUT2D eigenvalue weighted by atomic mass is 16.7. The molecule has 182 valence electrons. The summed E-state index contributed by atoms with van der Waals surface area (Å²) in [5, 5.41) is 0. The van der Waals surface area contributed by atoms with Crippen molar-refractivity contribution in [2.45, 2.75) is 57.8 Å². The van der Waals surface area contributed by atoms with E-state index in [1.165, 1.54) is 50.8 Å². The van der Waals surface area contributed by atoms with E-state index in [2.05, 4.69) is 21.9 Å². The lowest BCUT2D eigenvalue weighted by atomic mass is 9.78. The van der Waals surface area contributed by atoms with Gasteiger partial charge in [-0.3, -0.25) is 9.69 Å². The number of Topliss-reactive ketones (excluding diaryl/α,β-unsaturated/α-hetero) is 1. The summed E-state index contributed by atoms with van der Waals surface area (Å²) in [4.78, 5) is 17.6. The van der Waals surface area contributed by atoms with Crippen LogP contribution in [-0.2, 0) is 9.53 Å². The number of rotatable bonds is 8. The molecule has 4 aliphatic rings. The number of nitrogens with zero attached hydrogens (tertiary/aromatic N) is 2. The van der Waals surface area contributed by atoms with Crippen molar-refractivity contribution >= 4 is 11.5 Å². The number of hydrogen-bond acceptors (Lipinski definition) is 6. The molecular formula is C27H40N2O4. The standard InChI is InChI=1S/C27H40N2O4/c30-24(18-23-3-2-16-31-19-23)17-22-8-6-21(7-9-22)10-11-28-12-14-29(15-13-28)25-4-1-5-26-27(25)33-20-32-26/h1,4-5,21-23H,2-3,6-20H2/t21?,22?,23-/m0/s1. The van der Waals surface area contributed by atoms with Gasteiger partial charge in [-0.25, -0.2) is 0 Å². The minimum atomic E-state index is 0.332. The fourth-order valence-electron chi connectivity index (χ4n) is 6.16. The van der Waals surface area contributed by atoms with Gasteiger partial charge in [0.2, 0.25) is 6.79 Å². The van der Waals surface area contributed by atoms with E-state index in [1.807, 2.05) is 6.07 Å². The zero-order chi connectivity index (χ0) is 22.5. The summed E-state index contributed by atoms with van der Waals surface area (Å²) in [6, 6.07) is 6.19. The van der Waals surface area contributed by atoms with Gasteiger partial charge < -0.3 is 19.1 Å². The average Bonchev–Trinajstić information content (AvgIpc) is 3.34. The second-order valence-corrected chi connectivity index (χ2v) is 10.5. The zero-order valence-electron chi connectivity index (χ0n) is 20.0. The molecule has 0 bridgehead atoms. The summed E-state index contributed by atoms with van der Waals surface area (Å²) >= 11 is 0. The van der Waals surface area contributed by atoms with E-state index in [0.29, 0.717) is 24.4 Å². The molecule has 33 heavy (non-hydrogen) atoms. The van der Waals surface area contributed by atoms with Crippen molar-refractivity contribution in [1.29, 1.82) is 0 Å². The first-order chi connectivity index (χ1) is 16.2. The van der Waals surface area contributed by atoms with E-state index < -0.39 is 0 Å². The van der Waals surface area contributed by atoms with Gasteiger partial charge in [-0.15, -0.1) is 0 Å². The monoisotopic (exact) mass is 456 g/mol. The van der Waals surface area contributed by atoms with Gasteiger partial charge in [0.1, 0.15) is 5.78 Å². The first-order valence-corrected chi connectivity index (χ1v) is 13.2. The van der Waals surface area contributed by atoms with Crippen molar-refractivity contribution in [2.75, 3.05) is 57.6 Å². The lowest BCUT2D eigenvalue weighted by Gasteiger charge is -2.37. The first-order valence-electron chi connectivity index (χ1n) is 13.2. The predicted octanol–water partition coefficient (Wildman–Crippen LogP) is 4.51. The van der Waals surface area contributed by atoms with Crippen LogP contribution in [0.4, 0.5) is 5.69 Å². The minimum absolute atomic E-state index is 0.332. The number of anilines is 1. The first kappa shape index (κ1) is 23.0. The Morgan fingerprint density at radius 2 is 1.70 bits per heavy atom. The van der Waals surface area contributed by atoms with E-state index in [9.17, 15) is 4.79 Å². The molecule has 6 nitrogen and oxygen atoms in total. The Labute approximate surface area is 198 Å². The molecule has 3 aliphatic heterocycles. The third-order valence-corrected chi connectivity index (χ3v) is 8.20. The van der Waals surface area contributed by atoms with Crippen molar-refractivity contribution < 1.29 is 19.0 Å². The van der Waals surface area contributed by atoms with Crippen molar-refractivity contribution in [2.24, 2.45) is 17.8 Å². The molecule has 1 atom stereocenters. The molecule has 1 saturated carbocycles. The quantitative estimate of drug-likeness (QED) is 0.574. The number of carbonyl (C=O) groups is 1. The van der Waals surface area contributed by atoms with E-state index in [-0.39, 0.29) is 0 Å². The van der Waals surface area contributed by atoms with Crippen LogP contribution < -0.4 is 14.4 Å². The average molecular weight is 457 g/mol. The van der Waals surface area contributed by atoms with Crippen LogP contribution in [0.25, 0.3) is 0 Å². The molecule has 2 saturated heterocycles. The second-order valence-electron chi connectivity index (χ2n) is 10.5. The van der Waals surface area contributed by atoms with E-state index in [4.69, 9.17) is 14.2 Å². The lowest BCUT2D eigenvalue weighted by Crippen LogP contribution is -2.47. The van der Waals surface area contributed by atoms with Crippen LogP contribution in [0, 0.1) is 17.8 Å². The van der Waals surface area contributed by atoms with Crippen molar-refractivity contribution in [3.05, 3.63) is 18.2 Å². The Balaban J connectivity index is 0.980. The molecule has 3 fully saturated rings. The van der Waals surface area contributed by atoms with Gasteiger partial charge >= 0.3 is 0 Å². The van der Waals surface area contributed by atoms with Crippen LogP contribution in [0.5, 0.6) is 11.5 Å². The van der Waals surface area contributed by atoms with Gasteiger partial charge in [0.05, 0.1) is 5.69 Å². The Hall–Kier alpha value is -1.79. The predicted molar refractivity (Wildman–Crippen MR) is 129 cm³/mol. The largest absolute Gasteiger partial charge is 0.454 e. The summed E-state index contributed by atoms with van der Waals surface area (Å²) in [5.41, 5.74) is 1.17. The number of carbonyl (C=O) groups excluding carboxylic acids is 1. The van der Waals surface area contributed by atoms with Crippen molar-refractivity contribution in [3.8, 4) is 11.5 Å². The number of fused-ring (bicyclic) bond motifs is 1. The highest BCUT2D eigenvalue weighted by molar-refractivity contribution is 5.78. The fourth-order valence-corrected chi connectivity index (χ4v) is 6.16. The van der Waals surface area contributed by atoms with Gasteiger partial charge in [-0.2, -0.15) is 0 Å². The molecule has 6 heteroatoms. The lowest BCUT2D eigenvalue weighted by molar-refractivity contribution is -0.122. The summed E-state index contributed by atoms with van der Waals surface area (Å²) < 4.78 is 16.8. The number of benzene rings is 1. The molecule has 3 heterocycles. The Kier molecular flexibility index (Phi) is 7.72. The third kappa shape index (κ3) is 6.02. The molecule has 0 N–H and O–H groups in total. The summed E-state index contributed by atoms with van der Waals surface area (Å²) in [6.07, 6.45) is 10.2. The van der Waals surface area contributed by atoms with Crippen LogP contribution in [-0.4, -0.2) is 63.4 Å². The molecule has 5 rings (SSSR count). The SMILES string of the molecule is O=C(CC1CCC(CCN2CCN(c3cccc4c3OCO4)CC2)CC1)C[C@@H]1CCCOC1. The maximum absolute atomic E-state index is 12.5. The number of para-hydroxylation sites is 1. The number of hydrogen-bond donors (Lipinski definition) is 0.